The van der Waals surface area contributed by atoms with Gasteiger partial charge in [0.2, 0.25) is 11.8 Å². The van der Waals surface area contributed by atoms with Crippen LogP contribution in [0.15, 0.2) is 18.3 Å². The zero-order valence-electron chi connectivity index (χ0n) is 13.1. The number of piperazine rings is 1. The topological polar surface area (TPSA) is 94.6 Å². The average molecular weight is 349 g/mol. The first kappa shape index (κ1) is 16.7. The smallest absolute Gasteiger partial charge is 0.270 e. The van der Waals surface area contributed by atoms with Crippen LogP contribution in [0.1, 0.15) is 23.3 Å². The number of aromatic nitrogens is 1. The fourth-order valence-electron chi connectivity index (χ4n) is 2.72. The number of nitrogens with zero attached hydrogens (tertiary/aromatic N) is 3. The Morgan fingerprint density at radius 1 is 1.25 bits per heavy atom. The highest BCUT2D eigenvalue weighted by molar-refractivity contribution is 7.77. The molecule has 3 rings (SSSR count). The predicted molar refractivity (Wildman–Crippen MR) is 90.6 cm³/mol. The molecule has 3 heterocycles. The number of nitrogens with one attached hydrogen (secondary N) is 2. The highest BCUT2D eigenvalue weighted by Gasteiger charge is 2.28. The van der Waals surface area contributed by atoms with Gasteiger partial charge in [-0.05, 0) is 18.6 Å². The molecule has 128 valence electrons. The van der Waals surface area contributed by atoms with Crippen LogP contribution in [0, 0.1) is 0 Å². The predicted octanol–water partition coefficient (Wildman–Crippen LogP) is -0.417. The van der Waals surface area contributed by atoms with Crippen molar-refractivity contribution in [2.45, 2.75) is 18.9 Å². The van der Waals surface area contributed by atoms with Crippen LogP contribution in [0.2, 0.25) is 0 Å². The Bertz CT molecular complexity index is 643. The second-order valence-electron chi connectivity index (χ2n) is 5.82. The Kier molecular flexibility index (Phi) is 5.00. The molecule has 1 atom stereocenters. The van der Waals surface area contributed by atoms with E-state index >= 15 is 0 Å². The first-order valence-corrected chi connectivity index (χ1v) is 8.22. The normalized spacial score (nSPS) is 22.2. The van der Waals surface area contributed by atoms with Gasteiger partial charge in [0.25, 0.3) is 5.91 Å². The number of carbonyl (C=O) groups is 3. The number of amides is 3. The lowest BCUT2D eigenvalue weighted by Gasteiger charge is -2.33. The molecule has 0 bridgehead atoms. The lowest BCUT2D eigenvalue weighted by Crippen LogP contribution is -2.52. The van der Waals surface area contributed by atoms with Crippen molar-refractivity contribution in [2.24, 2.45) is 0 Å². The molecule has 24 heavy (non-hydrogen) atoms. The van der Waals surface area contributed by atoms with E-state index in [1.807, 2.05) is 10.4 Å². The maximum absolute atomic E-state index is 12.2. The van der Waals surface area contributed by atoms with Gasteiger partial charge >= 0.3 is 0 Å². The molecule has 0 aliphatic carbocycles. The first-order valence-electron chi connectivity index (χ1n) is 7.82. The molecule has 3 amide bonds. The average Bonchev–Trinajstić information content (AvgIpc) is 2.58. The number of rotatable bonds is 3. The number of thiol groups is 1. The molecule has 0 saturated carbocycles. The molecular weight excluding hydrogens is 330 g/mol. The van der Waals surface area contributed by atoms with Gasteiger partial charge in [0, 0.05) is 32.6 Å². The van der Waals surface area contributed by atoms with E-state index in [0.717, 1.165) is 31.9 Å². The van der Waals surface area contributed by atoms with E-state index in [2.05, 4.69) is 33.3 Å². The third-order valence-electron chi connectivity index (χ3n) is 4.15. The molecular formula is C15H19N5O3S. The summed E-state index contributed by atoms with van der Waals surface area (Å²) < 4.78 is 1.96. The molecule has 2 N–H and O–H groups in total. The van der Waals surface area contributed by atoms with Crippen LogP contribution in [0.25, 0.3) is 0 Å². The summed E-state index contributed by atoms with van der Waals surface area (Å²) in [6, 6.07) is 2.80. The SMILES string of the molecule is O=C1CCC(NC(=O)c2ccc(N3CCN(S)CC3)cn2)C(=O)N1. The van der Waals surface area contributed by atoms with Crippen LogP contribution in [0.3, 0.4) is 0 Å². The second-order valence-corrected chi connectivity index (χ2v) is 6.39. The van der Waals surface area contributed by atoms with Crippen molar-refractivity contribution in [3.8, 4) is 0 Å². The molecule has 2 fully saturated rings. The standard InChI is InChI=1S/C15H19N5O3S/c21-13-4-3-12(15(23)18-13)17-14(22)11-2-1-10(9-16-11)19-5-7-20(24)8-6-19/h1-2,9,12,24H,3-8H2,(H,17,22)(H,18,21,23). The van der Waals surface area contributed by atoms with Crippen molar-refractivity contribution in [2.75, 3.05) is 31.1 Å². The summed E-state index contributed by atoms with van der Waals surface area (Å²) in [6.07, 6.45) is 2.19. The quantitative estimate of drug-likeness (QED) is 0.507. The molecule has 8 nitrogen and oxygen atoms in total. The molecule has 1 aromatic heterocycles. The van der Waals surface area contributed by atoms with Gasteiger partial charge in [-0.15, -0.1) is 0 Å². The van der Waals surface area contributed by atoms with Crippen molar-refractivity contribution < 1.29 is 14.4 Å². The van der Waals surface area contributed by atoms with Crippen LogP contribution in [-0.4, -0.2) is 59.2 Å². The van der Waals surface area contributed by atoms with E-state index in [-0.39, 0.29) is 18.0 Å². The molecule has 0 spiro atoms. The fourth-order valence-corrected chi connectivity index (χ4v) is 2.90. The first-order chi connectivity index (χ1) is 11.5. The minimum Gasteiger partial charge on any atom is -0.368 e. The third-order valence-corrected chi connectivity index (χ3v) is 4.55. The zero-order valence-corrected chi connectivity index (χ0v) is 14.0. The Morgan fingerprint density at radius 2 is 2.00 bits per heavy atom. The molecule has 1 unspecified atom stereocenters. The summed E-state index contributed by atoms with van der Waals surface area (Å²) in [5, 5.41) is 4.83. The Hall–Kier alpha value is -2.13. The van der Waals surface area contributed by atoms with Gasteiger partial charge in [0.15, 0.2) is 0 Å². The van der Waals surface area contributed by atoms with Crippen molar-refractivity contribution in [1.29, 1.82) is 0 Å². The minimum absolute atomic E-state index is 0.222. The highest BCUT2D eigenvalue weighted by atomic mass is 32.1. The van der Waals surface area contributed by atoms with Crippen LogP contribution in [-0.2, 0) is 9.59 Å². The van der Waals surface area contributed by atoms with Crippen molar-refractivity contribution in [3.05, 3.63) is 24.0 Å². The van der Waals surface area contributed by atoms with Gasteiger partial charge in [0.1, 0.15) is 11.7 Å². The number of pyridine rings is 1. The molecule has 2 aliphatic rings. The van der Waals surface area contributed by atoms with Gasteiger partial charge in [-0.2, -0.15) is 0 Å². The molecule has 0 aromatic carbocycles. The van der Waals surface area contributed by atoms with E-state index in [1.165, 1.54) is 0 Å². The summed E-state index contributed by atoms with van der Waals surface area (Å²) >= 11 is 4.32. The monoisotopic (exact) mass is 349 g/mol. The number of hydrogen-bond acceptors (Lipinski definition) is 7. The van der Waals surface area contributed by atoms with E-state index < -0.39 is 17.9 Å². The fraction of sp³-hybridized carbons (Fsp3) is 0.467. The van der Waals surface area contributed by atoms with Crippen LogP contribution < -0.4 is 15.5 Å². The van der Waals surface area contributed by atoms with Gasteiger partial charge in [-0.1, -0.05) is 12.8 Å². The van der Waals surface area contributed by atoms with Gasteiger partial charge in [0.05, 0.1) is 11.9 Å². The summed E-state index contributed by atoms with van der Waals surface area (Å²) in [7, 11) is 0. The van der Waals surface area contributed by atoms with E-state index in [1.54, 1.807) is 12.3 Å². The zero-order chi connectivity index (χ0) is 17.1. The van der Waals surface area contributed by atoms with Crippen LogP contribution in [0.5, 0.6) is 0 Å². The molecule has 2 saturated heterocycles. The van der Waals surface area contributed by atoms with Crippen molar-refractivity contribution in [3.63, 3.8) is 0 Å². The summed E-state index contributed by atoms with van der Waals surface area (Å²) in [4.78, 5) is 41.4. The van der Waals surface area contributed by atoms with Gasteiger partial charge < -0.3 is 10.2 Å². The van der Waals surface area contributed by atoms with Gasteiger partial charge in [-0.3, -0.25) is 19.7 Å². The Balaban J connectivity index is 1.59. The molecule has 1 aromatic rings. The maximum Gasteiger partial charge on any atom is 0.270 e. The minimum atomic E-state index is -0.694. The Morgan fingerprint density at radius 3 is 2.62 bits per heavy atom. The Labute approximate surface area is 145 Å². The lowest BCUT2D eigenvalue weighted by molar-refractivity contribution is -0.134. The molecule has 0 radical (unpaired) electrons. The molecule has 2 aliphatic heterocycles. The highest BCUT2D eigenvalue weighted by Crippen LogP contribution is 2.16. The van der Waals surface area contributed by atoms with E-state index in [4.69, 9.17) is 0 Å². The summed E-state index contributed by atoms with van der Waals surface area (Å²) in [5.41, 5.74) is 1.20. The maximum atomic E-state index is 12.2. The summed E-state index contributed by atoms with van der Waals surface area (Å²) in [6.45, 7) is 3.43. The van der Waals surface area contributed by atoms with Crippen LogP contribution >= 0.6 is 12.8 Å². The molecule has 9 heteroatoms. The summed E-state index contributed by atoms with van der Waals surface area (Å²) in [5.74, 6) is -1.20. The lowest BCUT2D eigenvalue weighted by atomic mass is 10.1. The largest absolute Gasteiger partial charge is 0.368 e. The number of hydrogen-bond donors (Lipinski definition) is 3. The van der Waals surface area contributed by atoms with Crippen LogP contribution in [0.4, 0.5) is 5.69 Å². The second kappa shape index (κ2) is 7.18. The van der Waals surface area contributed by atoms with E-state index in [0.29, 0.717) is 6.42 Å². The number of imide groups is 1. The van der Waals surface area contributed by atoms with Crippen molar-refractivity contribution >= 4 is 36.2 Å². The van der Waals surface area contributed by atoms with Gasteiger partial charge in [-0.25, -0.2) is 9.29 Å². The number of carbonyl (C=O) groups excluding carboxylic acids is 3. The number of anilines is 1. The number of piperidine rings is 1. The van der Waals surface area contributed by atoms with E-state index in [9.17, 15) is 14.4 Å². The third kappa shape index (κ3) is 3.85. The van der Waals surface area contributed by atoms with Crippen molar-refractivity contribution in [1.82, 2.24) is 19.9 Å².